The number of rotatable bonds is 2. The molecule has 0 amide bonds. The van der Waals surface area contributed by atoms with Gasteiger partial charge in [-0.25, -0.2) is 4.98 Å². The fraction of sp³-hybridized carbons (Fsp3) is 0.286. The molecule has 19 heavy (non-hydrogen) atoms. The minimum absolute atomic E-state index is 0.197. The molecule has 1 aliphatic heterocycles. The van der Waals surface area contributed by atoms with Crippen LogP contribution in [0.15, 0.2) is 40.0 Å². The Hall–Kier alpha value is -1.75. The zero-order valence-electron chi connectivity index (χ0n) is 10.4. The highest BCUT2D eigenvalue weighted by atomic mass is 32.2. The van der Waals surface area contributed by atoms with Crippen LogP contribution in [0.5, 0.6) is 5.88 Å². The van der Waals surface area contributed by atoms with Gasteiger partial charge in [-0.2, -0.15) is 0 Å². The number of aromatic nitrogens is 2. The van der Waals surface area contributed by atoms with Gasteiger partial charge in [0.15, 0.2) is 0 Å². The number of nitrogens with one attached hydrogen (secondary N) is 1. The average molecular weight is 274 g/mol. The number of benzene rings is 1. The molecule has 1 aromatic heterocycles. The van der Waals surface area contributed by atoms with E-state index < -0.39 is 0 Å². The van der Waals surface area contributed by atoms with Gasteiger partial charge in [0.1, 0.15) is 17.3 Å². The highest BCUT2D eigenvalue weighted by molar-refractivity contribution is 7.97. The maximum absolute atomic E-state index is 12.1. The van der Waals surface area contributed by atoms with Crippen LogP contribution in [0.4, 0.5) is 0 Å². The van der Waals surface area contributed by atoms with E-state index in [0.29, 0.717) is 10.7 Å². The monoisotopic (exact) mass is 274 g/mol. The van der Waals surface area contributed by atoms with Crippen molar-refractivity contribution in [2.45, 2.75) is 17.7 Å². The third-order valence-electron chi connectivity index (χ3n) is 3.21. The maximum atomic E-state index is 12.1. The first-order valence-corrected chi connectivity index (χ1v) is 7.86. The van der Waals surface area contributed by atoms with Gasteiger partial charge >= 0.3 is 5.56 Å². The summed E-state index contributed by atoms with van der Waals surface area (Å²) in [5.41, 5.74) is 0.502. The van der Waals surface area contributed by atoms with Crippen molar-refractivity contribution in [3.63, 3.8) is 0 Å². The van der Waals surface area contributed by atoms with Gasteiger partial charge < -0.3 is 10.1 Å². The van der Waals surface area contributed by atoms with Crippen LogP contribution in [-0.4, -0.2) is 21.5 Å². The van der Waals surface area contributed by atoms with Crippen molar-refractivity contribution in [2.75, 3.05) is 11.5 Å². The summed E-state index contributed by atoms with van der Waals surface area (Å²) >= 11 is 0. The Bertz CT molecular complexity index is 634. The third kappa shape index (κ3) is 2.38. The van der Waals surface area contributed by atoms with Crippen molar-refractivity contribution < 1.29 is 5.11 Å². The summed E-state index contributed by atoms with van der Waals surface area (Å²) in [4.78, 5) is 19.3. The molecule has 98 valence electrons. The quantitative estimate of drug-likeness (QED) is 0.839. The van der Waals surface area contributed by atoms with Gasteiger partial charge in [-0.15, -0.1) is 0 Å². The van der Waals surface area contributed by atoms with Crippen LogP contribution in [0.2, 0.25) is 0 Å². The van der Waals surface area contributed by atoms with Gasteiger partial charge in [0, 0.05) is 16.5 Å². The topological polar surface area (TPSA) is 68.8 Å². The Kier molecular flexibility index (Phi) is 3.29. The normalized spacial score (nSPS) is 15.8. The standard InChI is InChI=1S/C14H14N2O2S/c17-13-11(19-8-4-5-9-19)14(18)16-12(15-13)10-6-2-1-3-7-10/h1-3,6-7H,4-5,8-9H2,(H-,15,16,17,18). The van der Waals surface area contributed by atoms with E-state index >= 15 is 0 Å². The van der Waals surface area contributed by atoms with Crippen molar-refractivity contribution in [2.24, 2.45) is 0 Å². The van der Waals surface area contributed by atoms with Crippen LogP contribution in [0.1, 0.15) is 12.8 Å². The van der Waals surface area contributed by atoms with E-state index in [1.807, 2.05) is 30.3 Å². The lowest BCUT2D eigenvalue weighted by Crippen LogP contribution is -2.23. The predicted octanol–water partition coefficient (Wildman–Crippen LogP) is 1.28. The molecule has 0 saturated carbocycles. The highest BCUT2D eigenvalue weighted by Crippen LogP contribution is 2.25. The van der Waals surface area contributed by atoms with E-state index in [0.717, 1.165) is 29.9 Å². The lowest BCUT2D eigenvalue weighted by atomic mass is 10.2. The predicted molar refractivity (Wildman–Crippen MR) is 74.3 cm³/mol. The SMILES string of the molecule is O=c1[nH]c(-c2ccccc2)nc([O-])c1[S+]1CCCC1. The first-order chi connectivity index (χ1) is 9.25. The fourth-order valence-electron chi connectivity index (χ4n) is 2.29. The van der Waals surface area contributed by atoms with Gasteiger partial charge in [0.05, 0.1) is 5.88 Å². The van der Waals surface area contributed by atoms with Crippen LogP contribution in [0.3, 0.4) is 0 Å². The smallest absolute Gasteiger partial charge is 0.305 e. The number of aromatic amines is 1. The molecule has 0 aliphatic carbocycles. The van der Waals surface area contributed by atoms with E-state index in [1.165, 1.54) is 0 Å². The van der Waals surface area contributed by atoms with Crippen molar-refractivity contribution >= 4 is 10.9 Å². The molecule has 2 heterocycles. The summed E-state index contributed by atoms with van der Waals surface area (Å²) in [5.74, 6) is 1.91. The van der Waals surface area contributed by atoms with E-state index in [2.05, 4.69) is 9.97 Å². The van der Waals surface area contributed by atoms with Gasteiger partial charge in [0.25, 0.3) is 0 Å². The molecule has 3 rings (SSSR count). The second kappa shape index (κ2) is 5.09. The molecule has 0 unspecified atom stereocenters. The average Bonchev–Trinajstić information content (AvgIpc) is 2.93. The van der Waals surface area contributed by atoms with Crippen molar-refractivity contribution in [3.8, 4) is 17.3 Å². The number of H-pyrrole nitrogens is 1. The third-order valence-corrected chi connectivity index (χ3v) is 5.71. The minimum atomic E-state index is -0.354. The van der Waals surface area contributed by atoms with Crippen LogP contribution < -0.4 is 10.7 Å². The molecule has 2 aromatic rings. The summed E-state index contributed by atoms with van der Waals surface area (Å²) < 4.78 is 0. The minimum Gasteiger partial charge on any atom is -0.855 e. The maximum Gasteiger partial charge on any atom is 0.305 e. The van der Waals surface area contributed by atoms with Gasteiger partial charge in [-0.05, 0) is 12.8 Å². The number of hydrogen-bond acceptors (Lipinski definition) is 3. The molecule has 0 spiro atoms. The summed E-state index contributed by atoms with van der Waals surface area (Å²) in [7, 11) is -0.197. The Morgan fingerprint density at radius 1 is 1.16 bits per heavy atom. The zero-order valence-corrected chi connectivity index (χ0v) is 11.2. The lowest BCUT2D eigenvalue weighted by Gasteiger charge is -2.11. The largest absolute Gasteiger partial charge is 0.855 e. The molecule has 0 atom stereocenters. The van der Waals surface area contributed by atoms with Gasteiger partial charge in [0.2, 0.25) is 4.90 Å². The van der Waals surface area contributed by atoms with E-state index in [-0.39, 0.29) is 22.3 Å². The molecule has 1 aromatic carbocycles. The van der Waals surface area contributed by atoms with Gasteiger partial charge in [-0.1, -0.05) is 30.3 Å². The molecular formula is C14H14N2O2S. The Morgan fingerprint density at radius 2 is 1.84 bits per heavy atom. The second-order valence-corrected chi connectivity index (χ2v) is 6.73. The van der Waals surface area contributed by atoms with E-state index in [4.69, 9.17) is 0 Å². The number of hydrogen-bond donors (Lipinski definition) is 1. The Labute approximate surface area is 113 Å². The molecule has 1 saturated heterocycles. The summed E-state index contributed by atoms with van der Waals surface area (Å²) in [5, 5.41) is 12.1. The molecule has 1 N–H and O–H groups in total. The van der Waals surface area contributed by atoms with Crippen LogP contribution in [0.25, 0.3) is 11.4 Å². The number of nitrogens with zero attached hydrogens (tertiary/aromatic N) is 1. The Balaban J connectivity index is 2.05. The molecular weight excluding hydrogens is 260 g/mol. The zero-order chi connectivity index (χ0) is 13.2. The Morgan fingerprint density at radius 3 is 2.47 bits per heavy atom. The molecule has 1 aliphatic rings. The van der Waals surface area contributed by atoms with Crippen LogP contribution in [-0.2, 0) is 10.9 Å². The van der Waals surface area contributed by atoms with Crippen molar-refractivity contribution in [1.82, 2.24) is 9.97 Å². The molecule has 0 bridgehead atoms. The highest BCUT2D eigenvalue weighted by Gasteiger charge is 2.31. The van der Waals surface area contributed by atoms with Crippen molar-refractivity contribution in [1.29, 1.82) is 0 Å². The van der Waals surface area contributed by atoms with Crippen LogP contribution in [0, 0.1) is 0 Å². The first kappa shape index (κ1) is 12.3. The fourth-order valence-corrected chi connectivity index (χ4v) is 4.61. The summed E-state index contributed by atoms with van der Waals surface area (Å²) in [6.45, 7) is 0. The second-order valence-electron chi connectivity index (χ2n) is 4.52. The van der Waals surface area contributed by atoms with E-state index in [1.54, 1.807) is 0 Å². The molecule has 5 heteroatoms. The van der Waals surface area contributed by atoms with Gasteiger partial charge in [-0.3, -0.25) is 4.79 Å². The van der Waals surface area contributed by atoms with E-state index in [9.17, 15) is 9.90 Å². The summed E-state index contributed by atoms with van der Waals surface area (Å²) in [6, 6.07) is 9.25. The molecule has 4 nitrogen and oxygen atoms in total. The van der Waals surface area contributed by atoms with Crippen molar-refractivity contribution in [3.05, 3.63) is 40.7 Å². The molecule has 1 fully saturated rings. The first-order valence-electron chi connectivity index (χ1n) is 6.30. The molecule has 0 radical (unpaired) electrons. The summed E-state index contributed by atoms with van der Waals surface area (Å²) in [6.07, 6.45) is 2.20. The lowest BCUT2D eigenvalue weighted by molar-refractivity contribution is -0.279. The van der Waals surface area contributed by atoms with Crippen LogP contribution >= 0.6 is 0 Å².